The molecule has 0 saturated heterocycles. The molecule has 0 bridgehead atoms. The van der Waals surface area contributed by atoms with Gasteiger partial charge in [-0.3, -0.25) is 0 Å². The van der Waals surface area contributed by atoms with Crippen molar-refractivity contribution in [3.63, 3.8) is 0 Å². The van der Waals surface area contributed by atoms with Crippen LogP contribution in [0.15, 0.2) is 30.3 Å². The van der Waals surface area contributed by atoms with Crippen molar-refractivity contribution in [2.24, 2.45) is 0 Å². The quantitative estimate of drug-likeness (QED) is 0.647. The van der Waals surface area contributed by atoms with Crippen molar-refractivity contribution in [2.45, 2.75) is 0 Å². The Morgan fingerprint density at radius 3 is 2.73 bits per heavy atom. The molecule has 0 fully saturated rings. The summed E-state index contributed by atoms with van der Waals surface area (Å²) in [5.74, 6) is -1.09. The average molecular weight is 233 g/mol. The maximum Gasteiger partial charge on any atom is 0.0884 e. The molecule has 0 spiro atoms. The number of hydrogen-bond acceptors (Lipinski definition) is 4. The zero-order valence-electron chi connectivity index (χ0n) is 7.52. The van der Waals surface area contributed by atoms with Crippen LogP contribution in [-0.2, 0) is 0 Å². The van der Waals surface area contributed by atoms with E-state index in [1.807, 2.05) is 24.3 Å². The van der Waals surface area contributed by atoms with Crippen LogP contribution in [0.5, 0.6) is 0 Å². The van der Waals surface area contributed by atoms with Crippen LogP contribution in [0, 0.1) is 0 Å². The smallest absolute Gasteiger partial charge is 0.0884 e. The normalized spacial score (nSPS) is 11.2. The minimum Gasteiger partial charge on any atom is -0.544 e. The van der Waals surface area contributed by atoms with Gasteiger partial charge in [-0.15, -0.1) is 22.7 Å². The van der Waals surface area contributed by atoms with Crippen LogP contribution >= 0.6 is 22.7 Å². The van der Waals surface area contributed by atoms with Gasteiger partial charge in [0.2, 0.25) is 0 Å². The molecule has 0 unspecified atom stereocenters. The highest BCUT2D eigenvalue weighted by molar-refractivity contribution is 7.42. The molecule has 2 heterocycles. The number of carbonyl (C=O) groups excluding carboxylic acids is 1. The Kier molecular flexibility index (Phi) is 1.81. The van der Waals surface area contributed by atoms with Crippen LogP contribution in [0.25, 0.3) is 19.5 Å². The van der Waals surface area contributed by atoms with Gasteiger partial charge in [-0.1, -0.05) is 18.2 Å². The third-order valence-electron chi connectivity index (χ3n) is 2.28. The third-order valence-corrected chi connectivity index (χ3v) is 4.67. The minimum atomic E-state index is -1.09. The molecule has 15 heavy (non-hydrogen) atoms. The Morgan fingerprint density at radius 1 is 1.13 bits per heavy atom. The van der Waals surface area contributed by atoms with Gasteiger partial charge in [-0.25, -0.2) is 0 Å². The molecule has 2 nitrogen and oxygen atoms in total. The second-order valence-electron chi connectivity index (χ2n) is 3.20. The van der Waals surface area contributed by atoms with E-state index >= 15 is 0 Å². The van der Waals surface area contributed by atoms with Crippen LogP contribution in [0.2, 0.25) is 0 Å². The summed E-state index contributed by atoms with van der Waals surface area (Å²) < 4.78 is 2.25. The first-order valence-corrected chi connectivity index (χ1v) is 6.01. The van der Waals surface area contributed by atoms with Gasteiger partial charge >= 0.3 is 0 Å². The summed E-state index contributed by atoms with van der Waals surface area (Å²) in [6.45, 7) is 0. The highest BCUT2D eigenvalue weighted by Crippen LogP contribution is 2.38. The molecule has 1 aromatic carbocycles. The number of rotatable bonds is 1. The predicted octanol–water partition coefficient (Wildman–Crippen LogP) is 2.48. The Morgan fingerprint density at radius 2 is 1.93 bits per heavy atom. The summed E-state index contributed by atoms with van der Waals surface area (Å²) in [5, 5.41) is 12.9. The molecule has 74 valence electrons. The van der Waals surface area contributed by atoms with Crippen molar-refractivity contribution in [3.05, 3.63) is 35.2 Å². The van der Waals surface area contributed by atoms with Crippen molar-refractivity contribution in [1.82, 2.24) is 0 Å². The van der Waals surface area contributed by atoms with Crippen molar-refractivity contribution in [3.8, 4) is 0 Å². The highest BCUT2D eigenvalue weighted by Gasteiger charge is 2.08. The molecule has 0 atom stereocenters. The molecule has 0 aliphatic heterocycles. The average Bonchev–Trinajstić information content (AvgIpc) is 2.73. The number of carboxylic acids is 1. The first-order chi connectivity index (χ1) is 7.25. The summed E-state index contributed by atoms with van der Waals surface area (Å²) >= 11 is 2.91. The summed E-state index contributed by atoms with van der Waals surface area (Å²) in [6, 6.07) is 9.71. The lowest BCUT2D eigenvalue weighted by molar-refractivity contribution is -0.254. The van der Waals surface area contributed by atoms with E-state index < -0.39 is 5.97 Å². The Balaban J connectivity index is 2.42. The van der Waals surface area contributed by atoms with Crippen molar-refractivity contribution >= 4 is 48.1 Å². The Bertz CT molecular complexity index is 663. The second kappa shape index (κ2) is 3.05. The van der Waals surface area contributed by atoms with E-state index in [4.69, 9.17) is 0 Å². The topological polar surface area (TPSA) is 40.1 Å². The van der Waals surface area contributed by atoms with Crippen molar-refractivity contribution < 1.29 is 9.90 Å². The lowest BCUT2D eigenvalue weighted by Crippen LogP contribution is -2.20. The van der Waals surface area contributed by atoms with E-state index in [-0.39, 0.29) is 0 Å². The molecule has 0 radical (unpaired) electrons. The standard InChI is InChI=1S/C11H6O2S2/c12-10(13)9-5-7-6-3-1-2-4-8(6)14-11(7)15-9/h1-5H,(H,12,13)/p-1. The van der Waals surface area contributed by atoms with Crippen molar-refractivity contribution in [1.29, 1.82) is 0 Å². The number of thiophene rings is 2. The number of benzene rings is 1. The SMILES string of the molecule is O=C([O-])c1cc2c(s1)sc1ccccc12. The number of aromatic carboxylic acids is 1. The van der Waals surface area contributed by atoms with Gasteiger partial charge in [0.05, 0.1) is 14.9 Å². The van der Waals surface area contributed by atoms with Gasteiger partial charge in [-0.2, -0.15) is 0 Å². The van der Waals surface area contributed by atoms with E-state index in [1.165, 1.54) is 16.0 Å². The van der Waals surface area contributed by atoms with Gasteiger partial charge < -0.3 is 9.90 Å². The van der Waals surface area contributed by atoms with Gasteiger partial charge in [0.15, 0.2) is 0 Å². The fraction of sp³-hybridized carbons (Fsp3) is 0. The molecule has 0 amide bonds. The fourth-order valence-corrected chi connectivity index (χ4v) is 3.97. The van der Waals surface area contributed by atoms with Gasteiger partial charge in [0, 0.05) is 15.5 Å². The van der Waals surface area contributed by atoms with Gasteiger partial charge in [0.25, 0.3) is 0 Å². The molecule has 0 saturated carbocycles. The minimum absolute atomic E-state index is 0.307. The van der Waals surface area contributed by atoms with Crippen LogP contribution in [0.3, 0.4) is 0 Å². The van der Waals surface area contributed by atoms with E-state index in [9.17, 15) is 9.90 Å². The maximum absolute atomic E-state index is 10.7. The molecule has 3 rings (SSSR count). The molecule has 3 aromatic rings. The summed E-state index contributed by atoms with van der Waals surface area (Å²) in [4.78, 5) is 11.0. The number of carbonyl (C=O) groups is 1. The zero-order valence-corrected chi connectivity index (χ0v) is 9.15. The predicted molar refractivity (Wildman–Crippen MR) is 61.5 cm³/mol. The van der Waals surface area contributed by atoms with Gasteiger partial charge in [0.1, 0.15) is 0 Å². The molecule has 0 N–H and O–H groups in total. The number of carboxylic acid groups (broad SMARTS) is 1. The number of fused-ring (bicyclic) bond motifs is 3. The first-order valence-electron chi connectivity index (χ1n) is 4.38. The van der Waals surface area contributed by atoms with Gasteiger partial charge in [-0.05, 0) is 12.1 Å². The van der Waals surface area contributed by atoms with Crippen molar-refractivity contribution in [2.75, 3.05) is 0 Å². The molecule has 0 aliphatic carbocycles. The lowest BCUT2D eigenvalue weighted by Gasteiger charge is -1.93. The molecule has 4 heteroatoms. The Hall–Kier alpha value is -1.39. The van der Waals surface area contributed by atoms with E-state index in [1.54, 1.807) is 17.4 Å². The summed E-state index contributed by atoms with van der Waals surface area (Å²) in [5.41, 5.74) is 0. The summed E-state index contributed by atoms with van der Waals surface area (Å²) in [7, 11) is 0. The highest BCUT2D eigenvalue weighted by atomic mass is 32.2. The second-order valence-corrected chi connectivity index (χ2v) is 5.56. The van der Waals surface area contributed by atoms with E-state index in [2.05, 4.69) is 0 Å². The maximum atomic E-state index is 10.7. The summed E-state index contributed by atoms with van der Waals surface area (Å²) in [6.07, 6.45) is 0. The number of hydrogen-bond donors (Lipinski definition) is 0. The van der Waals surface area contributed by atoms with E-state index in [0.717, 1.165) is 14.8 Å². The first kappa shape index (κ1) is 8.88. The van der Waals surface area contributed by atoms with Crippen LogP contribution in [0.1, 0.15) is 9.67 Å². The van der Waals surface area contributed by atoms with Crippen LogP contribution in [0.4, 0.5) is 0 Å². The molecular formula is C11H5O2S2-. The third kappa shape index (κ3) is 1.26. The molecular weight excluding hydrogens is 228 g/mol. The zero-order chi connectivity index (χ0) is 10.4. The lowest BCUT2D eigenvalue weighted by atomic mass is 10.2. The van der Waals surface area contributed by atoms with E-state index in [0.29, 0.717) is 4.88 Å². The largest absolute Gasteiger partial charge is 0.544 e. The van der Waals surface area contributed by atoms with Crippen LogP contribution in [-0.4, -0.2) is 5.97 Å². The Labute approximate surface area is 93.4 Å². The fourth-order valence-electron chi connectivity index (χ4n) is 1.62. The molecule has 2 aromatic heterocycles. The molecule has 0 aliphatic rings. The monoisotopic (exact) mass is 233 g/mol. The van der Waals surface area contributed by atoms with Crippen LogP contribution < -0.4 is 5.11 Å².